The summed E-state index contributed by atoms with van der Waals surface area (Å²) in [7, 11) is 0. The Labute approximate surface area is 82.0 Å². The molecule has 0 radical (unpaired) electrons. The molecule has 72 valence electrons. The maximum atomic E-state index is 5.20. The second-order valence-corrected chi connectivity index (χ2v) is 2.77. The topological polar surface area (TPSA) is 51.0 Å². The minimum Gasteiger partial charge on any atom is -0.461 e. The molecule has 0 aliphatic carbocycles. The molecule has 2 aromatic rings. The molecule has 2 aromatic heterocycles. The Morgan fingerprint density at radius 3 is 3.07 bits per heavy atom. The van der Waals surface area contributed by atoms with E-state index in [1.165, 1.54) is 0 Å². The molecular formula is C10H11N3O. The molecule has 0 aliphatic rings. The van der Waals surface area contributed by atoms with E-state index in [0.717, 1.165) is 12.4 Å². The van der Waals surface area contributed by atoms with Crippen LogP contribution >= 0.6 is 0 Å². The zero-order chi connectivity index (χ0) is 9.80. The van der Waals surface area contributed by atoms with Crippen molar-refractivity contribution in [2.45, 2.75) is 6.92 Å². The molecule has 4 nitrogen and oxygen atoms in total. The van der Waals surface area contributed by atoms with Gasteiger partial charge in [0.05, 0.1) is 6.26 Å². The summed E-state index contributed by atoms with van der Waals surface area (Å²) in [6, 6.07) is 5.49. The highest BCUT2D eigenvalue weighted by Crippen LogP contribution is 2.15. The molecule has 14 heavy (non-hydrogen) atoms. The van der Waals surface area contributed by atoms with Crippen LogP contribution in [0, 0.1) is 0 Å². The van der Waals surface area contributed by atoms with Crippen LogP contribution in [-0.4, -0.2) is 16.5 Å². The number of nitrogens with one attached hydrogen (secondary N) is 1. The maximum absolute atomic E-state index is 5.20. The summed E-state index contributed by atoms with van der Waals surface area (Å²) < 4.78 is 5.20. The van der Waals surface area contributed by atoms with Crippen LogP contribution in [0.5, 0.6) is 0 Å². The number of hydrogen-bond acceptors (Lipinski definition) is 4. The fourth-order valence-electron chi connectivity index (χ4n) is 1.16. The Hall–Kier alpha value is -1.84. The Bertz CT molecular complexity index is 398. The van der Waals surface area contributed by atoms with Gasteiger partial charge in [0, 0.05) is 12.7 Å². The maximum Gasteiger partial charge on any atom is 0.197 e. The molecule has 0 bridgehead atoms. The quantitative estimate of drug-likeness (QED) is 0.803. The van der Waals surface area contributed by atoms with Gasteiger partial charge in [-0.1, -0.05) is 0 Å². The van der Waals surface area contributed by atoms with Gasteiger partial charge in [-0.15, -0.1) is 0 Å². The van der Waals surface area contributed by atoms with Crippen molar-refractivity contribution in [3.63, 3.8) is 0 Å². The molecule has 0 atom stereocenters. The van der Waals surface area contributed by atoms with Gasteiger partial charge in [-0.3, -0.25) is 0 Å². The number of hydrogen-bond donors (Lipinski definition) is 1. The van der Waals surface area contributed by atoms with Crippen LogP contribution in [0.15, 0.2) is 35.1 Å². The van der Waals surface area contributed by atoms with Crippen LogP contribution < -0.4 is 5.32 Å². The molecule has 0 saturated carbocycles. The number of furan rings is 1. The molecule has 0 aliphatic heterocycles. The normalized spacial score (nSPS) is 10.1. The standard InChI is InChI=1S/C10H11N3O/c1-2-11-9-5-6-12-10(13-9)8-4-3-7-14-8/h3-7H,2H2,1H3,(H,11,12,13). The lowest BCUT2D eigenvalue weighted by molar-refractivity contribution is 0.577. The minimum absolute atomic E-state index is 0.605. The summed E-state index contributed by atoms with van der Waals surface area (Å²) in [6.45, 7) is 2.86. The van der Waals surface area contributed by atoms with E-state index in [0.29, 0.717) is 11.6 Å². The van der Waals surface area contributed by atoms with Crippen molar-refractivity contribution >= 4 is 5.82 Å². The smallest absolute Gasteiger partial charge is 0.197 e. The predicted octanol–water partition coefficient (Wildman–Crippen LogP) is 2.17. The average Bonchev–Trinajstić information content (AvgIpc) is 2.71. The van der Waals surface area contributed by atoms with E-state index in [1.54, 1.807) is 12.5 Å². The summed E-state index contributed by atoms with van der Waals surface area (Å²) in [5, 5.41) is 3.12. The highest BCUT2D eigenvalue weighted by Gasteiger charge is 2.03. The lowest BCUT2D eigenvalue weighted by atomic mass is 10.4. The molecule has 0 fully saturated rings. The number of anilines is 1. The molecule has 0 amide bonds. The highest BCUT2D eigenvalue weighted by atomic mass is 16.3. The summed E-state index contributed by atoms with van der Waals surface area (Å²) in [6.07, 6.45) is 3.32. The summed E-state index contributed by atoms with van der Waals surface area (Å²) >= 11 is 0. The van der Waals surface area contributed by atoms with Crippen molar-refractivity contribution < 1.29 is 4.42 Å². The third-order valence-corrected chi connectivity index (χ3v) is 1.76. The van der Waals surface area contributed by atoms with Gasteiger partial charge in [-0.2, -0.15) is 0 Å². The first-order chi connectivity index (χ1) is 6.90. The Morgan fingerprint density at radius 1 is 1.43 bits per heavy atom. The lowest BCUT2D eigenvalue weighted by Crippen LogP contribution is -2.00. The van der Waals surface area contributed by atoms with Crippen molar-refractivity contribution in [1.82, 2.24) is 9.97 Å². The third kappa shape index (κ3) is 1.74. The van der Waals surface area contributed by atoms with Gasteiger partial charge in [0.1, 0.15) is 5.82 Å². The summed E-state index contributed by atoms with van der Waals surface area (Å²) in [4.78, 5) is 8.41. The van der Waals surface area contributed by atoms with Crippen molar-refractivity contribution in [2.24, 2.45) is 0 Å². The number of rotatable bonds is 3. The number of nitrogens with zero attached hydrogens (tertiary/aromatic N) is 2. The molecule has 0 spiro atoms. The Morgan fingerprint density at radius 2 is 2.36 bits per heavy atom. The number of aromatic nitrogens is 2. The first-order valence-electron chi connectivity index (χ1n) is 4.51. The third-order valence-electron chi connectivity index (χ3n) is 1.76. The Kier molecular flexibility index (Phi) is 2.44. The van der Waals surface area contributed by atoms with Crippen molar-refractivity contribution in [1.29, 1.82) is 0 Å². The van der Waals surface area contributed by atoms with Crippen LogP contribution in [0.2, 0.25) is 0 Å². The van der Waals surface area contributed by atoms with E-state index in [1.807, 2.05) is 25.1 Å². The average molecular weight is 189 g/mol. The zero-order valence-electron chi connectivity index (χ0n) is 7.90. The molecule has 2 heterocycles. The molecule has 0 aromatic carbocycles. The van der Waals surface area contributed by atoms with Gasteiger partial charge in [-0.25, -0.2) is 9.97 Å². The van der Waals surface area contributed by atoms with Crippen LogP contribution in [0.1, 0.15) is 6.92 Å². The van der Waals surface area contributed by atoms with Crippen LogP contribution in [-0.2, 0) is 0 Å². The van der Waals surface area contributed by atoms with Crippen LogP contribution in [0.4, 0.5) is 5.82 Å². The lowest BCUT2D eigenvalue weighted by Gasteiger charge is -2.02. The van der Waals surface area contributed by atoms with Gasteiger partial charge in [0.2, 0.25) is 0 Å². The molecule has 2 rings (SSSR count). The van der Waals surface area contributed by atoms with E-state index in [2.05, 4.69) is 15.3 Å². The molecule has 1 N–H and O–H groups in total. The zero-order valence-corrected chi connectivity index (χ0v) is 7.90. The highest BCUT2D eigenvalue weighted by molar-refractivity contribution is 5.49. The van der Waals surface area contributed by atoms with Gasteiger partial charge in [0.15, 0.2) is 11.6 Å². The molecular weight excluding hydrogens is 178 g/mol. The Balaban J connectivity index is 2.31. The second kappa shape index (κ2) is 3.91. The van der Waals surface area contributed by atoms with E-state index in [9.17, 15) is 0 Å². The first-order valence-corrected chi connectivity index (χ1v) is 4.51. The van der Waals surface area contributed by atoms with Crippen molar-refractivity contribution in [3.8, 4) is 11.6 Å². The molecule has 4 heteroatoms. The monoisotopic (exact) mass is 189 g/mol. The second-order valence-electron chi connectivity index (χ2n) is 2.77. The van der Waals surface area contributed by atoms with Gasteiger partial charge < -0.3 is 9.73 Å². The van der Waals surface area contributed by atoms with Gasteiger partial charge in [-0.05, 0) is 25.1 Å². The van der Waals surface area contributed by atoms with E-state index in [-0.39, 0.29) is 0 Å². The molecule has 0 saturated heterocycles. The van der Waals surface area contributed by atoms with E-state index < -0.39 is 0 Å². The fraction of sp³-hybridized carbons (Fsp3) is 0.200. The fourth-order valence-corrected chi connectivity index (χ4v) is 1.16. The van der Waals surface area contributed by atoms with Gasteiger partial charge in [0.25, 0.3) is 0 Å². The van der Waals surface area contributed by atoms with Crippen molar-refractivity contribution in [3.05, 3.63) is 30.7 Å². The van der Waals surface area contributed by atoms with E-state index >= 15 is 0 Å². The van der Waals surface area contributed by atoms with Crippen molar-refractivity contribution in [2.75, 3.05) is 11.9 Å². The largest absolute Gasteiger partial charge is 0.461 e. The molecule has 0 unspecified atom stereocenters. The summed E-state index contributed by atoms with van der Waals surface area (Å²) in [5.41, 5.74) is 0. The minimum atomic E-state index is 0.605. The SMILES string of the molecule is CCNc1ccnc(-c2ccco2)n1. The van der Waals surface area contributed by atoms with Crippen LogP contribution in [0.3, 0.4) is 0 Å². The summed E-state index contributed by atoms with van der Waals surface area (Å²) in [5.74, 6) is 2.10. The van der Waals surface area contributed by atoms with Gasteiger partial charge >= 0.3 is 0 Å². The van der Waals surface area contributed by atoms with Crippen LogP contribution in [0.25, 0.3) is 11.6 Å². The first kappa shape index (κ1) is 8.74. The van der Waals surface area contributed by atoms with E-state index in [4.69, 9.17) is 4.42 Å². The predicted molar refractivity (Wildman–Crippen MR) is 53.9 cm³/mol.